The highest BCUT2D eigenvalue weighted by molar-refractivity contribution is 6.32. The molecule has 0 aliphatic carbocycles. The van der Waals surface area contributed by atoms with Gasteiger partial charge in [-0.25, -0.2) is 0 Å². The zero-order valence-corrected chi connectivity index (χ0v) is 16.7. The minimum Gasteiger partial charge on any atom is -0.495 e. The van der Waals surface area contributed by atoms with Crippen LogP contribution in [0.15, 0.2) is 42.5 Å². The third kappa shape index (κ3) is 3.11. The molecule has 0 aromatic heterocycles. The van der Waals surface area contributed by atoms with Crippen molar-refractivity contribution in [1.82, 2.24) is 4.90 Å². The van der Waals surface area contributed by atoms with E-state index >= 15 is 0 Å². The SMILES string of the molecule is COc1ccc(N2C(=O)[C@@H]3CCCN3[C@H]2c2ccc(C(C)C)cc2)cc1Cl. The number of fused-ring (bicyclic) bond motifs is 1. The predicted molar refractivity (Wildman–Crippen MR) is 108 cm³/mol. The molecular weight excluding hydrogens is 360 g/mol. The van der Waals surface area contributed by atoms with Crippen molar-refractivity contribution >= 4 is 23.2 Å². The molecule has 0 radical (unpaired) electrons. The number of nitrogens with zero attached hydrogens (tertiary/aromatic N) is 2. The van der Waals surface area contributed by atoms with Gasteiger partial charge in [0.25, 0.3) is 0 Å². The van der Waals surface area contributed by atoms with Crippen LogP contribution in [0.1, 0.15) is 49.9 Å². The van der Waals surface area contributed by atoms with Crippen LogP contribution in [0.5, 0.6) is 5.75 Å². The van der Waals surface area contributed by atoms with Crippen molar-refractivity contribution in [3.05, 3.63) is 58.6 Å². The quantitative estimate of drug-likeness (QED) is 0.745. The molecule has 2 aromatic carbocycles. The van der Waals surface area contributed by atoms with Crippen molar-refractivity contribution in [1.29, 1.82) is 0 Å². The fraction of sp³-hybridized carbons (Fsp3) is 0.409. The van der Waals surface area contributed by atoms with E-state index in [1.165, 1.54) is 5.56 Å². The van der Waals surface area contributed by atoms with Gasteiger partial charge in [-0.1, -0.05) is 49.7 Å². The number of carbonyl (C=O) groups excluding carboxylic acids is 1. The van der Waals surface area contributed by atoms with Crippen LogP contribution in [-0.4, -0.2) is 30.5 Å². The van der Waals surface area contributed by atoms with Crippen LogP contribution in [0.3, 0.4) is 0 Å². The Morgan fingerprint density at radius 3 is 2.52 bits per heavy atom. The molecule has 2 aromatic rings. The zero-order valence-electron chi connectivity index (χ0n) is 16.0. The molecule has 1 amide bonds. The number of rotatable bonds is 4. The molecule has 2 aliphatic rings. The average Bonchev–Trinajstić information content (AvgIpc) is 3.24. The van der Waals surface area contributed by atoms with E-state index in [9.17, 15) is 4.79 Å². The van der Waals surface area contributed by atoms with Crippen molar-refractivity contribution in [3.8, 4) is 5.75 Å². The summed E-state index contributed by atoms with van der Waals surface area (Å²) in [5, 5.41) is 0.517. The van der Waals surface area contributed by atoms with Crippen LogP contribution < -0.4 is 9.64 Å². The fourth-order valence-electron chi connectivity index (χ4n) is 4.24. The van der Waals surface area contributed by atoms with Gasteiger partial charge in [-0.3, -0.25) is 14.6 Å². The summed E-state index contributed by atoms with van der Waals surface area (Å²) in [5.41, 5.74) is 3.27. The van der Waals surface area contributed by atoms with Gasteiger partial charge in [0.2, 0.25) is 5.91 Å². The van der Waals surface area contributed by atoms with E-state index in [1.54, 1.807) is 7.11 Å². The minimum atomic E-state index is -0.0873. The summed E-state index contributed by atoms with van der Waals surface area (Å²) in [6.45, 7) is 5.32. The predicted octanol–water partition coefficient (Wildman–Crippen LogP) is 4.98. The van der Waals surface area contributed by atoms with E-state index < -0.39 is 0 Å². The first-order chi connectivity index (χ1) is 13.0. The van der Waals surface area contributed by atoms with Crippen molar-refractivity contribution in [2.75, 3.05) is 18.6 Å². The van der Waals surface area contributed by atoms with E-state index in [-0.39, 0.29) is 18.1 Å². The molecule has 2 saturated heterocycles. The molecule has 0 spiro atoms. The summed E-state index contributed by atoms with van der Waals surface area (Å²) < 4.78 is 5.27. The lowest BCUT2D eigenvalue weighted by atomic mass is 10.0. The first-order valence-corrected chi connectivity index (χ1v) is 9.91. The summed E-state index contributed by atoms with van der Waals surface area (Å²) in [4.78, 5) is 17.4. The summed E-state index contributed by atoms with van der Waals surface area (Å²) in [5.74, 6) is 1.26. The molecule has 4 rings (SSSR count). The van der Waals surface area contributed by atoms with E-state index in [2.05, 4.69) is 43.0 Å². The molecule has 2 heterocycles. The van der Waals surface area contributed by atoms with Crippen LogP contribution in [0, 0.1) is 0 Å². The van der Waals surface area contributed by atoms with Gasteiger partial charge in [0.1, 0.15) is 11.9 Å². The highest BCUT2D eigenvalue weighted by atomic mass is 35.5. The fourth-order valence-corrected chi connectivity index (χ4v) is 4.50. The number of ether oxygens (including phenoxy) is 1. The first kappa shape index (κ1) is 18.3. The Morgan fingerprint density at radius 2 is 1.89 bits per heavy atom. The number of anilines is 1. The van der Waals surface area contributed by atoms with Gasteiger partial charge in [-0.2, -0.15) is 0 Å². The molecule has 27 heavy (non-hydrogen) atoms. The summed E-state index contributed by atoms with van der Waals surface area (Å²) in [7, 11) is 1.59. The van der Waals surface area contributed by atoms with Crippen molar-refractivity contribution < 1.29 is 9.53 Å². The largest absolute Gasteiger partial charge is 0.495 e. The van der Waals surface area contributed by atoms with Crippen LogP contribution in [0.4, 0.5) is 5.69 Å². The molecule has 5 heteroatoms. The monoisotopic (exact) mass is 384 g/mol. The maximum atomic E-state index is 13.2. The Hall–Kier alpha value is -2.04. The molecule has 0 saturated carbocycles. The van der Waals surface area contributed by atoms with E-state index in [0.717, 1.165) is 30.6 Å². The van der Waals surface area contributed by atoms with E-state index in [4.69, 9.17) is 16.3 Å². The third-order valence-electron chi connectivity index (χ3n) is 5.69. The van der Waals surface area contributed by atoms with Gasteiger partial charge in [0.15, 0.2) is 0 Å². The molecule has 0 N–H and O–H groups in total. The second-order valence-corrected chi connectivity index (χ2v) is 8.03. The molecule has 0 bridgehead atoms. The Morgan fingerprint density at radius 1 is 1.15 bits per heavy atom. The van der Waals surface area contributed by atoms with E-state index in [1.807, 2.05) is 23.1 Å². The number of methoxy groups -OCH3 is 1. The number of hydrogen-bond donors (Lipinski definition) is 0. The molecular formula is C22H25ClN2O2. The lowest BCUT2D eigenvalue weighted by molar-refractivity contribution is -0.119. The Labute approximate surface area is 165 Å². The normalized spacial score (nSPS) is 22.6. The summed E-state index contributed by atoms with van der Waals surface area (Å²) >= 11 is 6.35. The third-order valence-corrected chi connectivity index (χ3v) is 5.99. The van der Waals surface area contributed by atoms with Gasteiger partial charge in [0, 0.05) is 12.2 Å². The number of halogens is 1. The number of hydrogen-bond acceptors (Lipinski definition) is 3. The van der Waals surface area contributed by atoms with Gasteiger partial charge >= 0.3 is 0 Å². The second kappa shape index (κ2) is 7.17. The van der Waals surface area contributed by atoms with Gasteiger partial charge < -0.3 is 4.74 Å². The molecule has 0 unspecified atom stereocenters. The lowest BCUT2D eigenvalue weighted by Gasteiger charge is -2.30. The Bertz CT molecular complexity index is 850. The van der Waals surface area contributed by atoms with Gasteiger partial charge in [0.05, 0.1) is 18.2 Å². The lowest BCUT2D eigenvalue weighted by Crippen LogP contribution is -2.32. The molecule has 2 aliphatic heterocycles. The van der Waals surface area contributed by atoms with Crippen LogP contribution >= 0.6 is 11.6 Å². The zero-order chi connectivity index (χ0) is 19.1. The van der Waals surface area contributed by atoms with Crippen LogP contribution in [-0.2, 0) is 4.79 Å². The molecule has 142 valence electrons. The van der Waals surface area contributed by atoms with Crippen molar-refractivity contribution in [2.45, 2.75) is 44.8 Å². The first-order valence-electron chi connectivity index (χ1n) is 9.53. The van der Waals surface area contributed by atoms with E-state index in [0.29, 0.717) is 16.7 Å². The van der Waals surface area contributed by atoms with Crippen LogP contribution in [0.2, 0.25) is 5.02 Å². The Balaban J connectivity index is 1.76. The smallest absolute Gasteiger partial charge is 0.246 e. The standard InChI is InChI=1S/C22H25ClN2O2/c1-14(2)15-6-8-16(9-7-15)21-24-12-4-5-19(24)22(26)25(21)17-10-11-20(27-3)18(23)13-17/h6-11,13-14,19,21H,4-5,12H2,1-3H3/t19-,21+/m0/s1. The molecule has 4 nitrogen and oxygen atoms in total. The maximum absolute atomic E-state index is 13.2. The van der Waals surface area contributed by atoms with Crippen LogP contribution in [0.25, 0.3) is 0 Å². The maximum Gasteiger partial charge on any atom is 0.246 e. The van der Waals surface area contributed by atoms with Gasteiger partial charge in [-0.05, 0) is 48.1 Å². The van der Waals surface area contributed by atoms with Crippen molar-refractivity contribution in [3.63, 3.8) is 0 Å². The van der Waals surface area contributed by atoms with Gasteiger partial charge in [-0.15, -0.1) is 0 Å². The average molecular weight is 385 g/mol. The number of benzene rings is 2. The summed E-state index contributed by atoms with van der Waals surface area (Å²) in [6.07, 6.45) is 1.89. The topological polar surface area (TPSA) is 32.8 Å². The van der Waals surface area contributed by atoms with Crippen molar-refractivity contribution in [2.24, 2.45) is 0 Å². The molecule has 2 atom stereocenters. The second-order valence-electron chi connectivity index (χ2n) is 7.62. The number of carbonyl (C=O) groups is 1. The highest BCUT2D eigenvalue weighted by Gasteiger charge is 2.49. The summed E-state index contributed by atoms with van der Waals surface area (Å²) in [6, 6.07) is 14.2. The number of amides is 1. The Kier molecular flexibility index (Phi) is 4.87. The molecule has 2 fully saturated rings. The highest BCUT2D eigenvalue weighted by Crippen LogP contribution is 2.43. The minimum absolute atomic E-state index is 0.0411.